The van der Waals surface area contributed by atoms with E-state index in [1.807, 2.05) is 0 Å². The Bertz CT molecular complexity index is 1970. The number of phenolic OH excluding ortho intramolecular Hbond substituents is 2. The number of ketones is 2. The van der Waals surface area contributed by atoms with E-state index in [1.165, 1.54) is 21.0 Å². The van der Waals surface area contributed by atoms with Gasteiger partial charge in [0.25, 0.3) is 0 Å². The maximum absolute atomic E-state index is 14.7. The molecule has 0 spiro atoms. The van der Waals surface area contributed by atoms with Gasteiger partial charge in [0.1, 0.15) is 60.0 Å². The van der Waals surface area contributed by atoms with E-state index in [9.17, 15) is 55.5 Å². The molecule has 0 bridgehead atoms. The molecule has 5 aliphatic rings. The van der Waals surface area contributed by atoms with Crippen molar-refractivity contribution in [3.63, 3.8) is 0 Å². The van der Waals surface area contributed by atoms with E-state index in [0.29, 0.717) is 0 Å². The summed E-state index contributed by atoms with van der Waals surface area (Å²) in [4.78, 5) is 28.2. The Morgan fingerprint density at radius 3 is 1.69 bits per heavy atom. The maximum Gasteiger partial charge on any atom is 0.202 e. The standard InChI is InChI=1S/C44H62O20/c1-15-26(61-31-13-27(39(52)19(5)59-31)62-29-11-24(46)37(50)17(3)57-29)10-22-8-21-9-23(43(56-7)36(49)16(2)45)44(42(55)34(21)41(54)33(22)35(15)48)64-32-14-28(40(53)20(6)60-32)63-30-12-25(47)38(51)18(4)58-30/h8,10,16-20,23-25,27-32,37-40,43-48,50-54H,9,11-14H2,1-7H3/t16?,17?,18?,19?,20?,23-,24?,25?,27?,28?,29?,30?,31?,32?,37?,38?,39?,40?,43?,44-/m0/s1. The summed E-state index contributed by atoms with van der Waals surface area (Å²) in [5, 5.41) is 96.9. The molecule has 0 amide bonds. The molecule has 64 heavy (non-hydrogen) atoms. The minimum Gasteiger partial charge on any atom is -0.507 e. The topological polar surface area (TPSA) is 299 Å². The zero-order valence-corrected chi connectivity index (χ0v) is 36.8. The highest BCUT2D eigenvalue weighted by molar-refractivity contribution is 6.11. The number of fused-ring (bicyclic) bond motifs is 2. The third-order valence-corrected chi connectivity index (χ3v) is 13.2. The smallest absolute Gasteiger partial charge is 0.202 e. The summed E-state index contributed by atoms with van der Waals surface area (Å²) in [6, 6.07) is 3.10. The molecule has 0 saturated carbocycles. The van der Waals surface area contributed by atoms with Gasteiger partial charge in [-0.2, -0.15) is 0 Å². The number of carbonyl (C=O) groups is 2. The number of ether oxygens (including phenoxy) is 9. The zero-order valence-electron chi connectivity index (χ0n) is 36.8. The van der Waals surface area contributed by atoms with Crippen LogP contribution < -0.4 is 4.74 Å². The Labute approximate surface area is 369 Å². The summed E-state index contributed by atoms with van der Waals surface area (Å²) in [5.41, 5.74) is 0.245. The Kier molecular flexibility index (Phi) is 14.9. The average Bonchev–Trinajstić information content (AvgIpc) is 3.22. The van der Waals surface area contributed by atoms with Crippen LogP contribution >= 0.6 is 0 Å². The molecule has 4 fully saturated rings. The minimum atomic E-state index is -1.53. The fourth-order valence-corrected chi connectivity index (χ4v) is 9.46. The highest BCUT2D eigenvalue weighted by Crippen LogP contribution is 2.47. The summed E-state index contributed by atoms with van der Waals surface area (Å²) >= 11 is 0. The first kappa shape index (κ1) is 48.8. The Morgan fingerprint density at radius 2 is 1.19 bits per heavy atom. The number of phenols is 2. The van der Waals surface area contributed by atoms with E-state index in [-0.39, 0.29) is 65.3 Å². The molecule has 1 aliphatic carbocycles. The second kappa shape index (κ2) is 19.6. The highest BCUT2D eigenvalue weighted by Gasteiger charge is 2.49. The second-order valence-electron chi connectivity index (χ2n) is 17.8. The molecule has 2 aromatic rings. The SMILES string of the molecule is COC(C(=O)C(C)O)[C@@H]1Cc2cc3cc(OC4CC(OC5CC(O)C(O)C(C)O5)C(O)C(C)O4)c(C)c(O)c3c(O)c2C(=O)[C@H]1OC1CC(OC2CC(O)C(O)C(C)O2)C(O)C(C)O1. The van der Waals surface area contributed by atoms with Crippen LogP contribution in [0.25, 0.3) is 10.8 Å². The van der Waals surface area contributed by atoms with Gasteiger partial charge in [-0.25, -0.2) is 0 Å². The molecule has 0 radical (unpaired) electrons. The monoisotopic (exact) mass is 910 g/mol. The molecule has 2 aromatic carbocycles. The number of methoxy groups -OCH3 is 1. The Balaban J connectivity index is 1.16. The van der Waals surface area contributed by atoms with Gasteiger partial charge >= 0.3 is 0 Å². The van der Waals surface area contributed by atoms with Gasteiger partial charge in [-0.15, -0.1) is 0 Å². The van der Waals surface area contributed by atoms with Crippen molar-refractivity contribution in [1.82, 2.24) is 0 Å². The average molecular weight is 911 g/mol. The lowest BCUT2D eigenvalue weighted by atomic mass is 9.75. The van der Waals surface area contributed by atoms with Crippen molar-refractivity contribution >= 4 is 22.3 Å². The number of carbonyl (C=O) groups excluding carboxylic acids is 2. The summed E-state index contributed by atoms with van der Waals surface area (Å²) < 4.78 is 53.7. The van der Waals surface area contributed by atoms with Gasteiger partial charge < -0.3 is 88.6 Å². The first-order valence-corrected chi connectivity index (χ1v) is 21.8. The van der Waals surface area contributed by atoms with E-state index in [2.05, 4.69) is 0 Å². The molecular weight excluding hydrogens is 848 g/mol. The van der Waals surface area contributed by atoms with Gasteiger partial charge in [0.2, 0.25) is 6.29 Å². The van der Waals surface area contributed by atoms with Crippen molar-refractivity contribution in [2.24, 2.45) is 5.92 Å². The summed E-state index contributed by atoms with van der Waals surface area (Å²) in [5.74, 6) is -3.46. The molecule has 9 N–H and O–H groups in total. The van der Waals surface area contributed by atoms with Crippen LogP contribution in [0.1, 0.15) is 81.8 Å². The summed E-state index contributed by atoms with van der Waals surface area (Å²) in [6.45, 7) is 9.15. The van der Waals surface area contributed by atoms with Crippen LogP contribution in [0.3, 0.4) is 0 Å². The fraction of sp³-hybridized carbons (Fsp3) is 0.727. The van der Waals surface area contributed by atoms with Crippen LogP contribution in [-0.2, 0) is 49.1 Å². The quantitative estimate of drug-likeness (QED) is 0.137. The highest BCUT2D eigenvalue weighted by atomic mass is 16.7. The third-order valence-electron chi connectivity index (χ3n) is 13.2. The van der Waals surface area contributed by atoms with Crippen LogP contribution in [0.5, 0.6) is 17.2 Å². The molecular formula is C44H62O20. The minimum absolute atomic E-state index is 0.00446. The number of rotatable bonds is 12. The summed E-state index contributed by atoms with van der Waals surface area (Å²) in [6.07, 6.45) is -20.8. The molecule has 0 aromatic heterocycles. The predicted molar refractivity (Wildman–Crippen MR) is 218 cm³/mol. The van der Waals surface area contributed by atoms with Crippen LogP contribution in [0.2, 0.25) is 0 Å². The van der Waals surface area contributed by atoms with Crippen molar-refractivity contribution in [2.45, 2.75) is 190 Å². The van der Waals surface area contributed by atoms with Gasteiger partial charge in [0.05, 0.1) is 59.8 Å². The normalized spacial score (nSPS) is 40.4. The van der Waals surface area contributed by atoms with E-state index in [0.717, 1.165) is 0 Å². The molecule has 358 valence electrons. The third kappa shape index (κ3) is 9.65. The molecule has 4 saturated heterocycles. The number of aliphatic hydroxyl groups excluding tert-OH is 7. The van der Waals surface area contributed by atoms with E-state index in [1.54, 1.807) is 39.8 Å². The lowest BCUT2D eigenvalue weighted by Gasteiger charge is -2.43. The van der Waals surface area contributed by atoms with Gasteiger partial charge in [-0.05, 0) is 71.0 Å². The van der Waals surface area contributed by atoms with Gasteiger partial charge in [0, 0.05) is 44.3 Å². The van der Waals surface area contributed by atoms with Gasteiger partial charge in [-0.3, -0.25) is 9.59 Å². The molecule has 20 atom stereocenters. The molecule has 4 heterocycles. The fourth-order valence-electron chi connectivity index (χ4n) is 9.46. The van der Waals surface area contributed by atoms with Crippen LogP contribution in [-0.4, -0.2) is 181 Å². The van der Waals surface area contributed by atoms with Crippen molar-refractivity contribution in [1.29, 1.82) is 0 Å². The Hall–Kier alpha value is -3.16. The van der Waals surface area contributed by atoms with Crippen LogP contribution in [0.15, 0.2) is 12.1 Å². The molecule has 4 aliphatic heterocycles. The molecule has 20 nitrogen and oxygen atoms in total. The van der Waals surface area contributed by atoms with E-state index >= 15 is 0 Å². The van der Waals surface area contributed by atoms with E-state index < -0.39 is 146 Å². The number of aromatic hydroxyl groups is 2. The van der Waals surface area contributed by atoms with Crippen molar-refractivity contribution in [3.8, 4) is 17.2 Å². The van der Waals surface area contributed by atoms with Crippen LogP contribution in [0, 0.1) is 12.8 Å². The molecule has 20 heteroatoms. The molecule has 7 rings (SSSR count). The molecule has 18 unspecified atom stereocenters. The maximum atomic E-state index is 14.7. The van der Waals surface area contributed by atoms with Crippen molar-refractivity contribution < 1.29 is 98.2 Å². The second-order valence-corrected chi connectivity index (χ2v) is 17.8. The first-order valence-electron chi connectivity index (χ1n) is 21.8. The van der Waals surface area contributed by atoms with E-state index in [4.69, 9.17) is 42.6 Å². The lowest BCUT2D eigenvalue weighted by Crippen LogP contribution is -2.55. The number of Topliss-reactive ketones (excluding diaryl/α,β-unsaturated/α-hetero) is 2. The summed E-state index contributed by atoms with van der Waals surface area (Å²) in [7, 11) is 1.25. The van der Waals surface area contributed by atoms with Gasteiger partial charge in [-0.1, -0.05) is 0 Å². The largest absolute Gasteiger partial charge is 0.507 e. The van der Waals surface area contributed by atoms with Gasteiger partial charge in [0.15, 0.2) is 30.4 Å². The number of benzene rings is 2. The first-order chi connectivity index (χ1) is 30.2. The van der Waals surface area contributed by atoms with Crippen molar-refractivity contribution in [3.05, 3.63) is 28.8 Å². The van der Waals surface area contributed by atoms with Crippen LogP contribution in [0.4, 0.5) is 0 Å². The van der Waals surface area contributed by atoms with Crippen molar-refractivity contribution in [2.75, 3.05) is 7.11 Å². The Morgan fingerprint density at radius 1 is 0.703 bits per heavy atom. The predicted octanol–water partition coefficient (Wildman–Crippen LogP) is 0.119. The zero-order chi connectivity index (χ0) is 46.6. The number of aliphatic hydroxyl groups is 7. The number of hydrogen-bond acceptors (Lipinski definition) is 20. The lowest BCUT2D eigenvalue weighted by molar-refractivity contribution is -0.311. The number of hydrogen-bond donors (Lipinski definition) is 9.